The largest absolute Gasteiger partial charge is 0.497 e. The number of pyridine rings is 1. The molecule has 1 aliphatic heterocycles. The van der Waals surface area contributed by atoms with Crippen molar-refractivity contribution >= 4 is 11.7 Å². The molecule has 1 saturated carbocycles. The first kappa shape index (κ1) is 24.2. The van der Waals surface area contributed by atoms with Crippen LogP contribution >= 0.6 is 0 Å². The van der Waals surface area contributed by atoms with Gasteiger partial charge in [-0.3, -0.25) is 9.78 Å². The molecule has 1 atom stereocenters. The summed E-state index contributed by atoms with van der Waals surface area (Å²) in [6, 6.07) is 18.4. The number of carboxylic acids is 1. The first-order valence-electron chi connectivity index (χ1n) is 12.9. The first-order valence-corrected chi connectivity index (χ1v) is 12.9. The summed E-state index contributed by atoms with van der Waals surface area (Å²) in [5, 5.41) is 9.33. The number of methoxy groups -OCH3 is 1. The normalized spacial score (nSPS) is 17.0. The summed E-state index contributed by atoms with van der Waals surface area (Å²) >= 11 is 0. The maximum absolute atomic E-state index is 11.4. The van der Waals surface area contributed by atoms with E-state index in [2.05, 4.69) is 28.1 Å². The Morgan fingerprint density at radius 1 is 1.03 bits per heavy atom. The highest BCUT2D eigenvalue weighted by Crippen LogP contribution is 2.45. The average Bonchev–Trinajstić information content (AvgIpc) is 3.76. The van der Waals surface area contributed by atoms with Gasteiger partial charge in [0.15, 0.2) is 0 Å². The van der Waals surface area contributed by atoms with E-state index in [1.807, 2.05) is 48.8 Å². The van der Waals surface area contributed by atoms with Crippen molar-refractivity contribution in [3.8, 4) is 22.6 Å². The van der Waals surface area contributed by atoms with E-state index >= 15 is 0 Å². The van der Waals surface area contributed by atoms with E-state index in [0.717, 1.165) is 61.4 Å². The van der Waals surface area contributed by atoms with Crippen molar-refractivity contribution in [2.45, 2.75) is 38.0 Å². The standard InChI is InChI=1S/C30H34N2O4/c1-35-25-7-8-27(23-9-13-31-14-10-23)29(18-25)32-15-11-21(12-16-32)20-36-26-4-2-3-24(17-26)28(19-30(33)34)22-5-6-22/h2-4,7-10,13-14,17-18,21-22,28H,5-6,11-12,15-16,19-20H2,1H3,(H,33,34). The van der Waals surface area contributed by atoms with Crippen LogP contribution in [0.2, 0.25) is 0 Å². The van der Waals surface area contributed by atoms with Crippen LogP contribution in [0.15, 0.2) is 67.0 Å². The second-order valence-electron chi connectivity index (χ2n) is 9.97. The summed E-state index contributed by atoms with van der Waals surface area (Å²) in [5.74, 6) is 2.05. The number of carbonyl (C=O) groups is 1. The highest BCUT2D eigenvalue weighted by atomic mass is 16.5. The molecule has 5 rings (SSSR count). The smallest absolute Gasteiger partial charge is 0.303 e. The Hall–Kier alpha value is -3.54. The molecule has 1 N–H and O–H groups in total. The lowest BCUT2D eigenvalue weighted by Gasteiger charge is -2.35. The number of piperidine rings is 1. The van der Waals surface area contributed by atoms with E-state index in [0.29, 0.717) is 18.4 Å². The lowest BCUT2D eigenvalue weighted by Crippen LogP contribution is -2.35. The Bertz CT molecular complexity index is 1170. The number of ether oxygens (including phenoxy) is 2. The summed E-state index contributed by atoms with van der Waals surface area (Å²) in [6.07, 6.45) is 8.20. The van der Waals surface area contributed by atoms with Gasteiger partial charge in [-0.25, -0.2) is 0 Å². The van der Waals surface area contributed by atoms with E-state index < -0.39 is 5.97 Å². The monoisotopic (exact) mass is 486 g/mol. The van der Waals surface area contributed by atoms with Crippen molar-refractivity contribution in [3.05, 3.63) is 72.6 Å². The van der Waals surface area contributed by atoms with Gasteiger partial charge in [0.2, 0.25) is 0 Å². The summed E-state index contributed by atoms with van der Waals surface area (Å²) in [4.78, 5) is 18.0. The number of nitrogens with zero attached hydrogens (tertiary/aromatic N) is 2. The summed E-state index contributed by atoms with van der Waals surface area (Å²) in [5.41, 5.74) is 4.63. The number of anilines is 1. The molecule has 2 aromatic carbocycles. The summed E-state index contributed by atoms with van der Waals surface area (Å²) in [7, 11) is 1.71. The van der Waals surface area contributed by atoms with Crippen LogP contribution in [0.5, 0.6) is 11.5 Å². The molecule has 1 saturated heterocycles. The molecule has 188 valence electrons. The summed E-state index contributed by atoms with van der Waals surface area (Å²) < 4.78 is 11.7. The Morgan fingerprint density at radius 2 is 1.81 bits per heavy atom. The Balaban J connectivity index is 1.21. The van der Waals surface area contributed by atoms with E-state index in [-0.39, 0.29) is 12.3 Å². The minimum Gasteiger partial charge on any atom is -0.497 e. The van der Waals surface area contributed by atoms with E-state index in [1.54, 1.807) is 7.11 Å². The molecule has 6 nitrogen and oxygen atoms in total. The fourth-order valence-electron chi connectivity index (χ4n) is 5.31. The van der Waals surface area contributed by atoms with Gasteiger partial charge in [0, 0.05) is 42.8 Å². The van der Waals surface area contributed by atoms with Gasteiger partial charge in [-0.05, 0) is 91.0 Å². The second-order valence-corrected chi connectivity index (χ2v) is 9.97. The quantitative estimate of drug-likeness (QED) is 0.378. The van der Waals surface area contributed by atoms with Crippen LogP contribution < -0.4 is 14.4 Å². The number of aromatic nitrogens is 1. The van der Waals surface area contributed by atoms with Crippen LogP contribution in [0.4, 0.5) is 5.69 Å². The van der Waals surface area contributed by atoms with Gasteiger partial charge in [-0.15, -0.1) is 0 Å². The van der Waals surface area contributed by atoms with Crippen molar-refractivity contribution in [2.24, 2.45) is 11.8 Å². The van der Waals surface area contributed by atoms with Gasteiger partial charge < -0.3 is 19.5 Å². The number of rotatable bonds is 10. The lowest BCUT2D eigenvalue weighted by atomic mass is 9.91. The fourth-order valence-corrected chi connectivity index (χ4v) is 5.31. The molecule has 36 heavy (non-hydrogen) atoms. The van der Waals surface area contributed by atoms with Crippen molar-refractivity contribution in [2.75, 3.05) is 31.7 Å². The van der Waals surface area contributed by atoms with Crippen LogP contribution in [-0.2, 0) is 4.79 Å². The number of hydrogen-bond acceptors (Lipinski definition) is 5. The number of hydrogen-bond donors (Lipinski definition) is 1. The highest BCUT2D eigenvalue weighted by molar-refractivity contribution is 5.79. The maximum atomic E-state index is 11.4. The predicted molar refractivity (Wildman–Crippen MR) is 141 cm³/mol. The van der Waals surface area contributed by atoms with E-state index in [9.17, 15) is 9.90 Å². The Kier molecular flexibility index (Phi) is 7.40. The highest BCUT2D eigenvalue weighted by Gasteiger charge is 2.34. The van der Waals surface area contributed by atoms with Gasteiger partial charge >= 0.3 is 5.97 Å². The molecular formula is C30H34N2O4. The minimum absolute atomic E-state index is 0.0896. The zero-order chi connectivity index (χ0) is 24.9. The number of carboxylic acid groups (broad SMARTS) is 1. The topological polar surface area (TPSA) is 71.9 Å². The third-order valence-electron chi connectivity index (χ3n) is 7.51. The van der Waals surface area contributed by atoms with Crippen LogP contribution in [0.25, 0.3) is 11.1 Å². The van der Waals surface area contributed by atoms with Crippen LogP contribution in [0.1, 0.15) is 43.6 Å². The van der Waals surface area contributed by atoms with Gasteiger partial charge in [-0.2, -0.15) is 0 Å². The SMILES string of the molecule is COc1ccc(-c2ccncc2)c(N2CCC(COc3cccc(C(CC(=O)O)C4CC4)c3)CC2)c1. The molecule has 1 aliphatic carbocycles. The van der Waals surface area contributed by atoms with Crippen molar-refractivity contribution in [3.63, 3.8) is 0 Å². The molecule has 2 fully saturated rings. The molecule has 2 heterocycles. The fraction of sp³-hybridized carbons (Fsp3) is 0.400. The first-order chi connectivity index (χ1) is 17.6. The van der Waals surface area contributed by atoms with E-state index in [4.69, 9.17) is 9.47 Å². The minimum atomic E-state index is -0.729. The van der Waals surface area contributed by atoms with Crippen molar-refractivity contribution in [1.82, 2.24) is 4.98 Å². The molecule has 0 spiro atoms. The van der Waals surface area contributed by atoms with Gasteiger partial charge in [-0.1, -0.05) is 12.1 Å². The molecule has 0 bridgehead atoms. The van der Waals surface area contributed by atoms with Gasteiger partial charge in [0.05, 0.1) is 20.1 Å². The Morgan fingerprint density at radius 3 is 2.50 bits per heavy atom. The molecule has 0 radical (unpaired) electrons. The van der Waals surface area contributed by atoms with E-state index in [1.165, 1.54) is 11.3 Å². The lowest BCUT2D eigenvalue weighted by molar-refractivity contribution is -0.137. The third-order valence-corrected chi connectivity index (χ3v) is 7.51. The molecule has 3 aromatic rings. The zero-order valence-corrected chi connectivity index (χ0v) is 20.8. The molecule has 1 unspecified atom stereocenters. The molecular weight excluding hydrogens is 452 g/mol. The zero-order valence-electron chi connectivity index (χ0n) is 20.8. The van der Waals surface area contributed by atoms with Crippen LogP contribution in [-0.4, -0.2) is 42.9 Å². The van der Waals surface area contributed by atoms with Crippen LogP contribution in [0, 0.1) is 11.8 Å². The molecule has 6 heteroatoms. The summed E-state index contributed by atoms with van der Waals surface area (Å²) in [6.45, 7) is 2.60. The number of aliphatic carboxylic acids is 1. The Labute approximate surface area is 212 Å². The predicted octanol–water partition coefficient (Wildman–Crippen LogP) is 6.02. The van der Waals surface area contributed by atoms with Crippen molar-refractivity contribution in [1.29, 1.82) is 0 Å². The van der Waals surface area contributed by atoms with Crippen molar-refractivity contribution < 1.29 is 19.4 Å². The molecule has 2 aliphatic rings. The molecule has 0 amide bonds. The van der Waals surface area contributed by atoms with Crippen LogP contribution in [0.3, 0.4) is 0 Å². The average molecular weight is 487 g/mol. The molecule has 1 aromatic heterocycles. The number of benzene rings is 2. The second kappa shape index (κ2) is 11.0. The third kappa shape index (κ3) is 5.81. The van der Waals surface area contributed by atoms with Gasteiger partial charge in [0.1, 0.15) is 11.5 Å². The van der Waals surface area contributed by atoms with Gasteiger partial charge in [0.25, 0.3) is 0 Å². The maximum Gasteiger partial charge on any atom is 0.303 e.